The van der Waals surface area contributed by atoms with Crippen molar-refractivity contribution in [2.24, 2.45) is 0 Å². The molecule has 7 nitrogen and oxygen atoms in total. The summed E-state index contributed by atoms with van der Waals surface area (Å²) >= 11 is 10.3. The second-order valence-electron chi connectivity index (χ2n) is 7.62. The number of amides is 3. The Morgan fingerprint density at radius 3 is 2.56 bits per heavy atom. The molecule has 3 aromatic carbocycles. The number of thioether (sulfide) groups is 1. The summed E-state index contributed by atoms with van der Waals surface area (Å²) in [7, 11) is 1.49. The first-order valence-electron chi connectivity index (χ1n) is 10.7. The molecule has 1 fully saturated rings. The van der Waals surface area contributed by atoms with Crippen LogP contribution < -0.4 is 14.8 Å². The number of imide groups is 1. The Morgan fingerprint density at radius 2 is 1.83 bits per heavy atom. The van der Waals surface area contributed by atoms with Crippen LogP contribution in [-0.2, 0) is 16.2 Å². The number of hydrogen-bond acceptors (Lipinski definition) is 6. The van der Waals surface area contributed by atoms with Gasteiger partial charge >= 0.3 is 0 Å². The Morgan fingerprint density at radius 1 is 1.08 bits per heavy atom. The van der Waals surface area contributed by atoms with Crippen LogP contribution in [0.4, 0.5) is 10.5 Å². The number of benzene rings is 3. The Balaban J connectivity index is 1.46. The van der Waals surface area contributed by atoms with Gasteiger partial charge in [0.15, 0.2) is 0 Å². The third-order valence-electron chi connectivity index (χ3n) is 5.11. The van der Waals surface area contributed by atoms with Gasteiger partial charge in [-0.1, -0.05) is 57.9 Å². The van der Waals surface area contributed by atoms with E-state index in [1.807, 2.05) is 36.4 Å². The molecule has 10 heteroatoms. The van der Waals surface area contributed by atoms with Crippen LogP contribution >= 0.6 is 39.3 Å². The van der Waals surface area contributed by atoms with Crippen LogP contribution in [0.15, 0.2) is 76.1 Å². The van der Waals surface area contributed by atoms with Crippen molar-refractivity contribution in [3.8, 4) is 11.5 Å². The van der Waals surface area contributed by atoms with Gasteiger partial charge in [-0.15, -0.1) is 0 Å². The maximum Gasteiger partial charge on any atom is 0.294 e. The van der Waals surface area contributed by atoms with Crippen LogP contribution in [0, 0.1) is 0 Å². The molecule has 1 N–H and O–H groups in total. The van der Waals surface area contributed by atoms with Gasteiger partial charge in [-0.25, -0.2) is 0 Å². The molecule has 1 aliphatic heterocycles. The fraction of sp³-hybridized carbons (Fsp3) is 0.115. The molecule has 0 aromatic heterocycles. The number of rotatable bonds is 8. The van der Waals surface area contributed by atoms with Crippen LogP contribution in [0.25, 0.3) is 6.08 Å². The van der Waals surface area contributed by atoms with Gasteiger partial charge in [-0.3, -0.25) is 19.3 Å². The summed E-state index contributed by atoms with van der Waals surface area (Å²) in [6.45, 7) is -0.0815. The van der Waals surface area contributed by atoms with Crippen LogP contribution in [-0.4, -0.2) is 35.6 Å². The zero-order valence-electron chi connectivity index (χ0n) is 19.0. The number of carbonyl (C=O) groups excluding carboxylic acids is 3. The van der Waals surface area contributed by atoms with Crippen LogP contribution in [0.3, 0.4) is 0 Å². The van der Waals surface area contributed by atoms with Crippen molar-refractivity contribution in [3.63, 3.8) is 0 Å². The molecule has 1 aliphatic rings. The first-order chi connectivity index (χ1) is 17.3. The van der Waals surface area contributed by atoms with Crippen molar-refractivity contribution in [2.75, 3.05) is 19.0 Å². The Labute approximate surface area is 225 Å². The number of ether oxygens (including phenoxy) is 2. The molecular weight excluding hydrogens is 568 g/mol. The lowest BCUT2D eigenvalue weighted by Gasteiger charge is -2.13. The average molecular weight is 588 g/mol. The molecule has 0 unspecified atom stereocenters. The highest BCUT2D eigenvalue weighted by atomic mass is 79.9. The number of carbonyl (C=O) groups is 3. The SMILES string of the molecule is COc1ccc(NC(=O)CN2C(=O)S/C(=C\c3cc(Br)ccc3OCc3ccccc3)C2=O)cc1Cl. The Kier molecular flexibility index (Phi) is 8.35. The summed E-state index contributed by atoms with van der Waals surface area (Å²) in [5.41, 5.74) is 2.04. The highest BCUT2D eigenvalue weighted by molar-refractivity contribution is 9.10. The third-order valence-corrected chi connectivity index (χ3v) is 6.80. The number of anilines is 1. The van der Waals surface area contributed by atoms with Crippen molar-refractivity contribution < 1.29 is 23.9 Å². The standard InChI is InChI=1S/C26H20BrClN2O5S/c1-34-22-10-8-19(13-20(22)28)29-24(31)14-30-25(32)23(36-26(30)33)12-17-11-18(27)7-9-21(17)35-15-16-5-3-2-4-6-16/h2-13H,14-15H2,1H3,(H,29,31)/b23-12-. The molecule has 0 bridgehead atoms. The lowest BCUT2D eigenvalue weighted by atomic mass is 10.1. The molecule has 0 saturated carbocycles. The van der Waals surface area contributed by atoms with Crippen molar-refractivity contribution >= 4 is 68.1 Å². The van der Waals surface area contributed by atoms with E-state index in [4.69, 9.17) is 21.1 Å². The molecular formula is C26H20BrClN2O5S. The average Bonchev–Trinajstić information content (AvgIpc) is 3.11. The van der Waals surface area contributed by atoms with E-state index in [2.05, 4.69) is 21.2 Å². The van der Waals surface area contributed by atoms with E-state index in [1.165, 1.54) is 13.2 Å². The van der Waals surface area contributed by atoms with Gasteiger partial charge < -0.3 is 14.8 Å². The van der Waals surface area contributed by atoms with Crippen molar-refractivity contribution in [2.45, 2.75) is 6.61 Å². The largest absolute Gasteiger partial charge is 0.495 e. The smallest absolute Gasteiger partial charge is 0.294 e. The van der Waals surface area contributed by atoms with E-state index in [0.717, 1.165) is 26.7 Å². The van der Waals surface area contributed by atoms with E-state index >= 15 is 0 Å². The van der Waals surface area contributed by atoms with Crippen molar-refractivity contribution in [1.82, 2.24) is 4.90 Å². The minimum absolute atomic E-state index is 0.197. The predicted octanol–water partition coefficient (Wildman–Crippen LogP) is 6.37. The highest BCUT2D eigenvalue weighted by Gasteiger charge is 2.36. The third kappa shape index (κ3) is 6.29. The van der Waals surface area contributed by atoms with Gasteiger partial charge in [0.25, 0.3) is 11.1 Å². The maximum absolute atomic E-state index is 13.0. The van der Waals surface area contributed by atoms with E-state index in [9.17, 15) is 14.4 Å². The summed E-state index contributed by atoms with van der Waals surface area (Å²) in [4.78, 5) is 39.1. The molecule has 4 rings (SSSR count). The number of hydrogen-bond donors (Lipinski definition) is 1. The second kappa shape index (κ2) is 11.6. The van der Waals surface area contributed by atoms with Crippen LogP contribution in [0.1, 0.15) is 11.1 Å². The number of nitrogens with one attached hydrogen (secondary N) is 1. The van der Waals surface area contributed by atoms with E-state index in [0.29, 0.717) is 34.4 Å². The van der Waals surface area contributed by atoms with Gasteiger partial charge in [0.05, 0.1) is 17.0 Å². The minimum atomic E-state index is -0.554. The Hall–Kier alpha value is -3.27. The number of halogens is 2. The fourth-order valence-corrected chi connectivity index (χ4v) is 4.83. The molecule has 184 valence electrons. The van der Waals surface area contributed by atoms with Gasteiger partial charge in [-0.05, 0) is 59.8 Å². The molecule has 1 saturated heterocycles. The topological polar surface area (TPSA) is 84.9 Å². The summed E-state index contributed by atoms with van der Waals surface area (Å²) < 4.78 is 11.8. The van der Waals surface area contributed by atoms with Gasteiger partial charge in [0, 0.05) is 15.7 Å². The monoisotopic (exact) mass is 586 g/mol. The van der Waals surface area contributed by atoms with E-state index < -0.39 is 23.6 Å². The van der Waals surface area contributed by atoms with Crippen molar-refractivity contribution in [1.29, 1.82) is 0 Å². The maximum atomic E-state index is 13.0. The summed E-state index contributed by atoms with van der Waals surface area (Å²) in [5, 5.41) is 2.43. The molecule has 0 aliphatic carbocycles. The van der Waals surface area contributed by atoms with Gasteiger partial charge in [-0.2, -0.15) is 0 Å². The van der Waals surface area contributed by atoms with Gasteiger partial charge in [0.2, 0.25) is 5.91 Å². The Bertz CT molecular complexity index is 1350. The van der Waals surface area contributed by atoms with Crippen molar-refractivity contribution in [3.05, 3.63) is 92.3 Å². The molecule has 0 spiro atoms. The number of nitrogens with zero attached hydrogens (tertiary/aromatic N) is 1. The van der Waals surface area contributed by atoms with Crippen LogP contribution in [0.2, 0.25) is 5.02 Å². The molecule has 1 heterocycles. The highest BCUT2D eigenvalue weighted by Crippen LogP contribution is 2.35. The second-order valence-corrected chi connectivity index (χ2v) is 9.94. The minimum Gasteiger partial charge on any atom is -0.495 e. The number of methoxy groups -OCH3 is 1. The van der Waals surface area contributed by atoms with Gasteiger partial charge in [0.1, 0.15) is 24.7 Å². The fourth-order valence-electron chi connectivity index (χ4n) is 3.36. The normalized spacial score (nSPS) is 14.3. The molecule has 3 aromatic rings. The van der Waals surface area contributed by atoms with Crippen LogP contribution in [0.5, 0.6) is 11.5 Å². The molecule has 3 amide bonds. The quantitative estimate of drug-likeness (QED) is 0.309. The first-order valence-corrected chi connectivity index (χ1v) is 12.7. The zero-order valence-corrected chi connectivity index (χ0v) is 22.2. The first kappa shape index (κ1) is 25.8. The van der Waals surface area contributed by atoms with E-state index in [1.54, 1.807) is 30.3 Å². The summed E-state index contributed by atoms with van der Waals surface area (Å²) in [5.74, 6) is -0.0654. The molecule has 0 radical (unpaired) electrons. The molecule has 36 heavy (non-hydrogen) atoms. The van der Waals surface area contributed by atoms with E-state index in [-0.39, 0.29) is 4.91 Å². The molecule has 0 atom stereocenters. The lowest BCUT2D eigenvalue weighted by Crippen LogP contribution is -2.36. The predicted molar refractivity (Wildman–Crippen MR) is 144 cm³/mol. The lowest BCUT2D eigenvalue weighted by molar-refractivity contribution is -0.127. The summed E-state index contributed by atoms with van der Waals surface area (Å²) in [6, 6.07) is 19.9. The summed E-state index contributed by atoms with van der Waals surface area (Å²) in [6.07, 6.45) is 1.59. The zero-order chi connectivity index (χ0) is 25.7.